The van der Waals surface area contributed by atoms with Gasteiger partial charge in [-0.15, -0.1) is 0 Å². The first-order chi connectivity index (χ1) is 14.5. The molecule has 1 atom stereocenters. The summed E-state index contributed by atoms with van der Waals surface area (Å²) in [5, 5.41) is 16.3. The first-order valence-corrected chi connectivity index (χ1v) is 10.7. The second-order valence-electron chi connectivity index (χ2n) is 8.58. The van der Waals surface area contributed by atoms with Crippen LogP contribution in [0.15, 0.2) is 65.9 Å². The Morgan fingerprint density at radius 2 is 1.73 bits per heavy atom. The van der Waals surface area contributed by atoms with E-state index in [9.17, 15) is 14.7 Å². The number of aliphatic hydroxyl groups excluding tert-OH is 1. The number of carbonyl (C=O) groups is 2. The second-order valence-corrected chi connectivity index (χ2v) is 8.58. The maximum atomic E-state index is 12.8. The lowest BCUT2D eigenvalue weighted by Crippen LogP contribution is -2.43. The van der Waals surface area contributed by atoms with E-state index >= 15 is 0 Å². The minimum absolute atomic E-state index is 0.215. The highest BCUT2D eigenvalue weighted by Crippen LogP contribution is 2.33. The number of benzene rings is 2. The van der Waals surface area contributed by atoms with Crippen molar-refractivity contribution in [1.29, 1.82) is 0 Å². The van der Waals surface area contributed by atoms with Gasteiger partial charge < -0.3 is 15.7 Å². The molecule has 0 unspecified atom stereocenters. The van der Waals surface area contributed by atoms with Crippen molar-refractivity contribution >= 4 is 17.5 Å². The van der Waals surface area contributed by atoms with Crippen LogP contribution in [0.25, 0.3) is 0 Å². The third kappa shape index (κ3) is 4.11. The molecule has 1 saturated carbocycles. The number of amides is 2. The highest BCUT2D eigenvalue weighted by atomic mass is 16.3. The van der Waals surface area contributed by atoms with Crippen LogP contribution < -0.4 is 10.6 Å². The van der Waals surface area contributed by atoms with Crippen LogP contribution in [0.1, 0.15) is 56.1 Å². The number of carbonyl (C=O) groups excluding carboxylic acids is 2. The molecule has 2 aromatic rings. The Morgan fingerprint density at radius 3 is 2.40 bits per heavy atom. The third-order valence-corrected chi connectivity index (χ3v) is 6.25. The zero-order valence-corrected chi connectivity index (χ0v) is 17.3. The Kier molecular flexibility index (Phi) is 5.62. The van der Waals surface area contributed by atoms with E-state index in [1.54, 1.807) is 6.92 Å². The van der Waals surface area contributed by atoms with Gasteiger partial charge in [-0.25, -0.2) is 0 Å². The molecule has 5 heteroatoms. The van der Waals surface area contributed by atoms with E-state index in [1.165, 1.54) is 37.7 Å². The van der Waals surface area contributed by atoms with E-state index in [4.69, 9.17) is 0 Å². The van der Waals surface area contributed by atoms with Crippen molar-refractivity contribution in [3.63, 3.8) is 0 Å². The van der Waals surface area contributed by atoms with Crippen molar-refractivity contribution in [3.05, 3.63) is 77.1 Å². The van der Waals surface area contributed by atoms with E-state index in [0.29, 0.717) is 18.0 Å². The fourth-order valence-electron chi connectivity index (χ4n) is 4.57. The van der Waals surface area contributed by atoms with Crippen molar-refractivity contribution in [2.24, 2.45) is 0 Å². The van der Waals surface area contributed by atoms with E-state index in [-0.39, 0.29) is 11.3 Å². The van der Waals surface area contributed by atoms with Gasteiger partial charge in [0.05, 0.1) is 5.54 Å². The van der Waals surface area contributed by atoms with E-state index in [1.807, 2.05) is 54.6 Å². The van der Waals surface area contributed by atoms with Gasteiger partial charge >= 0.3 is 0 Å². The van der Waals surface area contributed by atoms with Crippen molar-refractivity contribution in [1.82, 2.24) is 5.32 Å². The van der Waals surface area contributed by atoms with Gasteiger partial charge in [-0.3, -0.25) is 9.59 Å². The first kappa shape index (κ1) is 20.2. The van der Waals surface area contributed by atoms with E-state index in [0.717, 1.165) is 5.56 Å². The van der Waals surface area contributed by atoms with Crippen LogP contribution in [0.5, 0.6) is 0 Å². The smallest absolute Gasteiger partial charge is 0.264 e. The summed E-state index contributed by atoms with van der Waals surface area (Å²) in [7, 11) is 0. The van der Waals surface area contributed by atoms with E-state index in [2.05, 4.69) is 10.6 Å². The summed E-state index contributed by atoms with van der Waals surface area (Å²) in [6.45, 7) is 1.73. The summed E-state index contributed by atoms with van der Waals surface area (Å²) in [6, 6.07) is 17.4. The fourth-order valence-corrected chi connectivity index (χ4v) is 4.57. The molecule has 5 nitrogen and oxygen atoms in total. The van der Waals surface area contributed by atoms with Crippen LogP contribution in [0.2, 0.25) is 0 Å². The normalized spacial score (nSPS) is 22.1. The van der Waals surface area contributed by atoms with Gasteiger partial charge in [-0.05, 0) is 48.9 Å². The number of aliphatic hydroxyl groups is 1. The average Bonchev–Trinajstić information content (AvgIpc) is 2.97. The summed E-state index contributed by atoms with van der Waals surface area (Å²) in [6.07, 6.45) is 6.69. The lowest BCUT2D eigenvalue weighted by atomic mass is 9.84. The molecular weight excluding hydrogens is 376 g/mol. The van der Waals surface area contributed by atoms with Gasteiger partial charge in [0.2, 0.25) is 0 Å². The topological polar surface area (TPSA) is 78.4 Å². The number of hydrogen-bond donors (Lipinski definition) is 3. The molecule has 0 saturated heterocycles. The predicted octanol–water partition coefficient (Wildman–Crippen LogP) is 4.62. The maximum Gasteiger partial charge on any atom is 0.264 e. The number of anilines is 1. The number of rotatable bonds is 5. The molecule has 2 aliphatic rings. The fraction of sp³-hybridized carbons (Fsp3) is 0.360. The molecule has 1 aliphatic heterocycles. The largest absolute Gasteiger partial charge is 0.509 e. The molecule has 1 aliphatic carbocycles. The van der Waals surface area contributed by atoms with Gasteiger partial charge in [-0.1, -0.05) is 61.7 Å². The molecule has 2 aromatic carbocycles. The molecule has 0 spiro atoms. The lowest BCUT2D eigenvalue weighted by Gasteiger charge is -2.24. The Bertz CT molecular complexity index is 960. The number of hydrogen-bond acceptors (Lipinski definition) is 3. The van der Waals surface area contributed by atoms with Crippen LogP contribution >= 0.6 is 0 Å². The monoisotopic (exact) mass is 404 g/mol. The summed E-state index contributed by atoms with van der Waals surface area (Å²) in [4.78, 5) is 25.3. The molecule has 0 radical (unpaired) electrons. The molecule has 1 fully saturated rings. The Balaban J connectivity index is 1.48. The third-order valence-electron chi connectivity index (χ3n) is 6.25. The zero-order valence-electron chi connectivity index (χ0n) is 17.3. The minimum Gasteiger partial charge on any atom is -0.509 e. The van der Waals surface area contributed by atoms with Crippen LogP contribution in [0.4, 0.5) is 5.69 Å². The standard InChI is InChI=1S/C25H28N2O3/c1-25(16-17-8-4-2-5-9-17)22(28)21(24(30)27-25)23(29)26-20-14-12-19(13-15-20)18-10-6-3-7-11-18/h2,4-5,8-9,12-15,18,28H,3,6-7,10-11,16H2,1H3,(H,26,29)(H,27,30)/t25-/m1/s1. The Labute approximate surface area is 177 Å². The first-order valence-electron chi connectivity index (χ1n) is 10.7. The molecule has 0 bridgehead atoms. The summed E-state index contributed by atoms with van der Waals surface area (Å²) in [5.41, 5.74) is 1.65. The Morgan fingerprint density at radius 1 is 1.07 bits per heavy atom. The van der Waals surface area contributed by atoms with Crippen molar-refractivity contribution < 1.29 is 14.7 Å². The minimum atomic E-state index is -1.00. The predicted molar refractivity (Wildman–Crippen MR) is 117 cm³/mol. The average molecular weight is 405 g/mol. The van der Waals surface area contributed by atoms with Crippen molar-refractivity contribution in [3.8, 4) is 0 Å². The molecule has 1 heterocycles. The zero-order chi connectivity index (χ0) is 21.1. The highest BCUT2D eigenvalue weighted by Gasteiger charge is 2.44. The van der Waals surface area contributed by atoms with E-state index < -0.39 is 17.4 Å². The highest BCUT2D eigenvalue weighted by molar-refractivity contribution is 6.24. The SMILES string of the molecule is C[C@]1(Cc2ccccc2)NC(=O)C(C(=O)Nc2ccc(C3CCCCC3)cc2)=C1O. The van der Waals surface area contributed by atoms with Crippen molar-refractivity contribution in [2.45, 2.75) is 56.9 Å². The lowest BCUT2D eigenvalue weighted by molar-refractivity contribution is -0.121. The van der Waals surface area contributed by atoms with Gasteiger partial charge in [0, 0.05) is 12.1 Å². The molecule has 3 N–H and O–H groups in total. The quantitative estimate of drug-likeness (QED) is 0.637. The molecule has 0 aromatic heterocycles. The molecular formula is C25H28N2O3. The number of nitrogens with one attached hydrogen (secondary N) is 2. The molecule has 2 amide bonds. The maximum absolute atomic E-state index is 12.8. The van der Waals surface area contributed by atoms with Crippen LogP contribution in [0.3, 0.4) is 0 Å². The van der Waals surface area contributed by atoms with Gasteiger partial charge in [-0.2, -0.15) is 0 Å². The molecule has 4 rings (SSSR count). The summed E-state index contributed by atoms with van der Waals surface area (Å²) in [5.74, 6) is -0.767. The molecule has 30 heavy (non-hydrogen) atoms. The van der Waals surface area contributed by atoms with Gasteiger partial charge in [0.15, 0.2) is 0 Å². The van der Waals surface area contributed by atoms with Crippen molar-refractivity contribution in [2.75, 3.05) is 5.32 Å². The van der Waals surface area contributed by atoms with Crippen LogP contribution in [-0.4, -0.2) is 22.5 Å². The summed E-state index contributed by atoms with van der Waals surface area (Å²) >= 11 is 0. The van der Waals surface area contributed by atoms with Crippen LogP contribution in [0, 0.1) is 0 Å². The van der Waals surface area contributed by atoms with Gasteiger partial charge in [0.1, 0.15) is 11.3 Å². The second kappa shape index (κ2) is 8.34. The van der Waals surface area contributed by atoms with Gasteiger partial charge in [0.25, 0.3) is 11.8 Å². The van der Waals surface area contributed by atoms with Crippen LogP contribution in [-0.2, 0) is 16.0 Å². The Hall–Kier alpha value is -3.08. The summed E-state index contributed by atoms with van der Waals surface area (Å²) < 4.78 is 0. The molecule has 156 valence electrons.